The summed E-state index contributed by atoms with van der Waals surface area (Å²) in [7, 11) is 2.90. The summed E-state index contributed by atoms with van der Waals surface area (Å²) in [5.74, 6) is 0.813. The van der Waals surface area contributed by atoms with Gasteiger partial charge in [0.25, 0.3) is 5.56 Å². The highest BCUT2D eigenvalue weighted by molar-refractivity contribution is 5.51. The fraction of sp³-hybridized carbons (Fsp3) is 0.688. The molecule has 0 amide bonds. The maximum absolute atomic E-state index is 12.0. The Hall–Kier alpha value is -2.07. The molecule has 0 radical (unpaired) electrons. The van der Waals surface area contributed by atoms with E-state index in [9.17, 15) is 14.9 Å². The number of nitrogens with zero attached hydrogens (tertiary/aromatic N) is 3. The number of hydrogen-bond donors (Lipinski definition) is 1. The molecular formula is C16H24N4O3. The number of nitriles is 1. The van der Waals surface area contributed by atoms with Gasteiger partial charge in [-0.2, -0.15) is 5.26 Å². The number of hydrogen-bond acceptors (Lipinski definition) is 5. The highest BCUT2D eigenvalue weighted by atomic mass is 16.5. The third kappa shape index (κ3) is 3.64. The third-order valence-electron chi connectivity index (χ3n) is 4.54. The van der Waals surface area contributed by atoms with Crippen LogP contribution >= 0.6 is 0 Å². The Labute approximate surface area is 135 Å². The van der Waals surface area contributed by atoms with E-state index in [2.05, 4.69) is 12.2 Å². The van der Waals surface area contributed by atoms with E-state index in [0.717, 1.165) is 11.0 Å². The first-order chi connectivity index (χ1) is 11.0. The molecule has 1 fully saturated rings. The molecule has 0 saturated heterocycles. The molecule has 7 nitrogen and oxygen atoms in total. The van der Waals surface area contributed by atoms with Gasteiger partial charge in [-0.3, -0.25) is 13.9 Å². The van der Waals surface area contributed by atoms with Crippen LogP contribution in [0.5, 0.6) is 0 Å². The number of nitrogens with one attached hydrogen (secondary N) is 1. The Morgan fingerprint density at radius 2 is 1.96 bits per heavy atom. The minimum Gasteiger partial charge on any atom is -0.376 e. The van der Waals surface area contributed by atoms with Gasteiger partial charge in [0.1, 0.15) is 11.9 Å². The van der Waals surface area contributed by atoms with Gasteiger partial charge in [0.2, 0.25) is 0 Å². The first-order valence-electron chi connectivity index (χ1n) is 8.03. The van der Waals surface area contributed by atoms with E-state index in [-0.39, 0.29) is 17.5 Å². The second-order valence-corrected chi connectivity index (χ2v) is 6.14. The number of aromatic nitrogens is 2. The lowest BCUT2D eigenvalue weighted by molar-refractivity contribution is 0.000353. The molecule has 0 spiro atoms. The average molecular weight is 320 g/mol. The minimum absolute atomic E-state index is 0.0550. The van der Waals surface area contributed by atoms with Gasteiger partial charge in [-0.1, -0.05) is 19.8 Å². The van der Waals surface area contributed by atoms with Crippen molar-refractivity contribution < 1.29 is 4.74 Å². The van der Waals surface area contributed by atoms with Crippen LogP contribution in [0.15, 0.2) is 9.59 Å². The molecule has 0 bridgehead atoms. The molecule has 1 N–H and O–H groups in total. The summed E-state index contributed by atoms with van der Waals surface area (Å²) in [5.41, 5.74) is -1.10. The Bertz CT molecular complexity index is 714. The van der Waals surface area contributed by atoms with Crippen LogP contribution in [0.4, 0.5) is 5.82 Å². The zero-order chi connectivity index (χ0) is 17.0. The van der Waals surface area contributed by atoms with Crippen molar-refractivity contribution in [3.05, 3.63) is 26.4 Å². The molecule has 1 aliphatic rings. The van der Waals surface area contributed by atoms with Crippen LogP contribution in [0.1, 0.15) is 38.2 Å². The van der Waals surface area contributed by atoms with Crippen LogP contribution in [0.25, 0.3) is 0 Å². The summed E-state index contributed by atoms with van der Waals surface area (Å²) < 4.78 is 8.11. The fourth-order valence-corrected chi connectivity index (χ4v) is 3.06. The Morgan fingerprint density at radius 1 is 1.26 bits per heavy atom. The monoisotopic (exact) mass is 320 g/mol. The maximum Gasteiger partial charge on any atom is 0.332 e. The standard InChI is InChI=1S/C16H24N4O3/c1-11-6-4-5-7-13(11)23-9-8-18-14-12(10-17)15(21)20(3)16(22)19(14)2/h11,13,18H,4-9H2,1-3H3/t11-,13+/m1/s1. The van der Waals surface area contributed by atoms with Gasteiger partial charge in [-0.25, -0.2) is 4.79 Å². The molecule has 1 saturated carbocycles. The van der Waals surface area contributed by atoms with E-state index in [4.69, 9.17) is 4.74 Å². The highest BCUT2D eigenvalue weighted by Gasteiger charge is 2.21. The molecule has 7 heteroatoms. The molecule has 0 unspecified atom stereocenters. The molecule has 126 valence electrons. The van der Waals surface area contributed by atoms with E-state index in [1.54, 1.807) is 0 Å². The van der Waals surface area contributed by atoms with Gasteiger partial charge in [-0.05, 0) is 18.8 Å². The van der Waals surface area contributed by atoms with E-state index in [0.29, 0.717) is 19.1 Å². The molecule has 1 aromatic rings. The fourth-order valence-electron chi connectivity index (χ4n) is 3.06. The van der Waals surface area contributed by atoms with E-state index in [1.807, 2.05) is 6.07 Å². The largest absolute Gasteiger partial charge is 0.376 e. The second-order valence-electron chi connectivity index (χ2n) is 6.14. The summed E-state index contributed by atoms with van der Waals surface area (Å²) >= 11 is 0. The predicted octanol–water partition coefficient (Wildman–Crippen LogP) is 0.963. The zero-order valence-corrected chi connectivity index (χ0v) is 14.0. The molecular weight excluding hydrogens is 296 g/mol. The molecule has 0 aromatic carbocycles. The number of ether oxygens (including phenoxy) is 1. The second kappa shape index (κ2) is 7.47. The summed E-state index contributed by atoms with van der Waals surface area (Å²) in [4.78, 5) is 23.9. The topological polar surface area (TPSA) is 89.1 Å². The van der Waals surface area contributed by atoms with E-state index >= 15 is 0 Å². The van der Waals surface area contributed by atoms with Crippen molar-refractivity contribution in [2.75, 3.05) is 18.5 Å². The molecule has 1 heterocycles. The number of anilines is 1. The van der Waals surface area contributed by atoms with Crippen molar-refractivity contribution in [2.24, 2.45) is 20.0 Å². The highest BCUT2D eigenvalue weighted by Crippen LogP contribution is 2.26. The van der Waals surface area contributed by atoms with Gasteiger partial charge in [-0.15, -0.1) is 0 Å². The Balaban J connectivity index is 2.02. The Morgan fingerprint density at radius 3 is 2.61 bits per heavy atom. The van der Waals surface area contributed by atoms with Gasteiger partial charge >= 0.3 is 5.69 Å². The van der Waals surface area contributed by atoms with Crippen LogP contribution in [-0.2, 0) is 18.8 Å². The summed E-state index contributed by atoms with van der Waals surface area (Å²) in [6.45, 7) is 3.12. The lowest BCUT2D eigenvalue weighted by Crippen LogP contribution is -2.40. The van der Waals surface area contributed by atoms with Crippen molar-refractivity contribution in [1.82, 2.24) is 9.13 Å². The van der Waals surface area contributed by atoms with Crippen molar-refractivity contribution in [1.29, 1.82) is 5.26 Å². The van der Waals surface area contributed by atoms with Gasteiger partial charge in [0, 0.05) is 20.6 Å². The van der Waals surface area contributed by atoms with Crippen LogP contribution in [0, 0.1) is 17.2 Å². The molecule has 0 aliphatic heterocycles. The first-order valence-corrected chi connectivity index (χ1v) is 8.03. The smallest absolute Gasteiger partial charge is 0.332 e. The predicted molar refractivity (Wildman–Crippen MR) is 87.5 cm³/mol. The van der Waals surface area contributed by atoms with Crippen LogP contribution in [0.2, 0.25) is 0 Å². The van der Waals surface area contributed by atoms with Crippen LogP contribution in [0.3, 0.4) is 0 Å². The quantitative estimate of drug-likeness (QED) is 0.816. The first kappa shape index (κ1) is 17.3. The van der Waals surface area contributed by atoms with E-state index < -0.39 is 11.2 Å². The molecule has 23 heavy (non-hydrogen) atoms. The van der Waals surface area contributed by atoms with Gasteiger partial charge in [0.05, 0.1) is 12.7 Å². The van der Waals surface area contributed by atoms with Crippen molar-refractivity contribution in [3.8, 4) is 6.07 Å². The SMILES string of the molecule is C[C@@H]1CCCC[C@@H]1OCCNc1c(C#N)c(=O)n(C)c(=O)n1C. The minimum atomic E-state index is -0.583. The average Bonchev–Trinajstić information content (AvgIpc) is 2.55. The molecule has 1 aliphatic carbocycles. The van der Waals surface area contributed by atoms with Crippen molar-refractivity contribution >= 4 is 5.82 Å². The van der Waals surface area contributed by atoms with Crippen LogP contribution in [-0.4, -0.2) is 28.4 Å². The summed E-state index contributed by atoms with van der Waals surface area (Å²) in [5, 5.41) is 12.2. The molecule has 1 aromatic heterocycles. The Kier molecular flexibility index (Phi) is 5.61. The van der Waals surface area contributed by atoms with Gasteiger partial charge < -0.3 is 10.1 Å². The molecule has 2 atom stereocenters. The van der Waals surface area contributed by atoms with Gasteiger partial charge in [0.15, 0.2) is 5.56 Å². The number of rotatable bonds is 5. The summed E-state index contributed by atoms with van der Waals surface area (Å²) in [6, 6.07) is 1.87. The van der Waals surface area contributed by atoms with Crippen molar-refractivity contribution in [3.63, 3.8) is 0 Å². The lowest BCUT2D eigenvalue weighted by atomic mass is 9.88. The van der Waals surface area contributed by atoms with E-state index in [1.165, 1.54) is 37.9 Å². The molecule has 2 rings (SSSR count). The third-order valence-corrected chi connectivity index (χ3v) is 4.54. The zero-order valence-electron chi connectivity index (χ0n) is 14.0. The lowest BCUT2D eigenvalue weighted by Gasteiger charge is -2.28. The van der Waals surface area contributed by atoms with Crippen LogP contribution < -0.4 is 16.6 Å². The summed E-state index contributed by atoms with van der Waals surface area (Å²) in [6.07, 6.45) is 5.01. The maximum atomic E-state index is 12.0. The normalized spacial score (nSPS) is 21.0. The van der Waals surface area contributed by atoms with Crippen molar-refractivity contribution in [2.45, 2.75) is 38.7 Å².